The lowest BCUT2D eigenvalue weighted by atomic mass is 9.93. The molecule has 0 unspecified atom stereocenters. The lowest BCUT2D eigenvalue weighted by Crippen LogP contribution is -2.23. The van der Waals surface area contributed by atoms with E-state index in [-0.39, 0.29) is 5.96 Å². The summed E-state index contributed by atoms with van der Waals surface area (Å²) in [5.74, 6) is 0.0522. The number of nitrogens with one attached hydrogen (secondary N) is 2. The molecule has 0 spiro atoms. The molecule has 0 aliphatic rings. The maximum Gasteiger partial charge on any atom is 0.416 e. The number of hydrogen-bond donors (Lipinski definition) is 5. The zero-order chi connectivity index (χ0) is 27.3. The van der Waals surface area contributed by atoms with Crippen molar-refractivity contribution in [1.29, 1.82) is 5.41 Å². The van der Waals surface area contributed by atoms with Crippen molar-refractivity contribution in [2.45, 2.75) is 31.9 Å². The summed E-state index contributed by atoms with van der Waals surface area (Å²) in [6.07, 6.45) is -0.389. The van der Waals surface area contributed by atoms with E-state index < -0.39 is 11.7 Å². The van der Waals surface area contributed by atoms with Crippen molar-refractivity contribution in [2.24, 2.45) is 22.2 Å². The van der Waals surface area contributed by atoms with Crippen molar-refractivity contribution in [1.82, 2.24) is 5.32 Å². The minimum atomic E-state index is -4.44. The lowest BCUT2D eigenvalue weighted by molar-refractivity contribution is -0.137. The Hall–Kier alpha value is -3.85. The number of halogens is 3. The molecule has 8 N–H and O–H groups in total. The van der Waals surface area contributed by atoms with Crippen molar-refractivity contribution in [3.05, 3.63) is 83.4 Å². The Kier molecular flexibility index (Phi) is 11.6. The van der Waals surface area contributed by atoms with Gasteiger partial charge in [-0.2, -0.15) is 13.2 Å². The number of alkyl halides is 3. The summed E-state index contributed by atoms with van der Waals surface area (Å²) >= 11 is 0. The normalized spacial score (nSPS) is 10.8. The van der Waals surface area contributed by atoms with Crippen LogP contribution in [0.1, 0.15) is 29.5 Å². The second-order valence-corrected chi connectivity index (χ2v) is 8.48. The Bertz CT molecular complexity index is 1170. The molecule has 0 fully saturated rings. The minimum absolute atomic E-state index is 0.0522. The minimum Gasteiger partial charge on any atom is -0.390 e. The molecule has 3 aromatic rings. The van der Waals surface area contributed by atoms with Crippen LogP contribution in [0, 0.1) is 5.41 Å². The molecule has 0 amide bonds. The first-order valence-electron chi connectivity index (χ1n) is 12.0. The molecule has 0 atom stereocenters. The van der Waals surface area contributed by atoms with Crippen LogP contribution >= 0.6 is 0 Å². The van der Waals surface area contributed by atoms with Gasteiger partial charge in [0, 0.05) is 6.54 Å². The quantitative estimate of drug-likeness (QED) is 0.150. The van der Waals surface area contributed by atoms with Gasteiger partial charge in [0.2, 0.25) is 0 Å². The second kappa shape index (κ2) is 14.6. The van der Waals surface area contributed by atoms with Crippen LogP contribution in [0.25, 0.3) is 22.3 Å². The highest BCUT2D eigenvalue weighted by atomic mass is 19.4. The van der Waals surface area contributed by atoms with Crippen molar-refractivity contribution in [3.8, 4) is 22.3 Å². The average Bonchev–Trinajstić information content (AvgIpc) is 2.87. The Labute approximate surface area is 216 Å². The number of aliphatic imine (C=N–C) groups is 1. The second-order valence-electron chi connectivity index (χ2n) is 8.48. The fourth-order valence-corrected chi connectivity index (χ4v) is 3.90. The summed E-state index contributed by atoms with van der Waals surface area (Å²) in [6, 6.07) is 19.6. The summed E-state index contributed by atoms with van der Waals surface area (Å²) in [5, 5.41) is 8.98. The molecule has 0 saturated heterocycles. The van der Waals surface area contributed by atoms with E-state index in [0.29, 0.717) is 17.7 Å². The monoisotopic (exact) mass is 512 g/mol. The third-order valence-electron chi connectivity index (χ3n) is 5.59. The molecular weight excluding hydrogens is 477 g/mol. The van der Waals surface area contributed by atoms with Gasteiger partial charge >= 0.3 is 6.18 Å². The summed E-state index contributed by atoms with van der Waals surface area (Å²) < 4.78 is 41.3. The van der Waals surface area contributed by atoms with Gasteiger partial charge in [-0.05, 0) is 90.9 Å². The Balaban J connectivity index is 0.00000153. The zero-order valence-corrected chi connectivity index (χ0v) is 21.0. The molecule has 6 nitrogen and oxygen atoms in total. The number of hydrogen-bond acceptors (Lipinski definition) is 3. The zero-order valence-electron chi connectivity index (χ0n) is 21.0. The van der Waals surface area contributed by atoms with Gasteiger partial charge in [-0.1, -0.05) is 48.5 Å². The maximum atomic E-state index is 13.8. The molecular formula is C28H35F3N6. The van der Waals surface area contributed by atoms with Crippen LogP contribution in [0.5, 0.6) is 0 Å². The third kappa shape index (κ3) is 9.97. The van der Waals surface area contributed by atoms with Crippen LogP contribution in [0.4, 0.5) is 13.2 Å². The van der Waals surface area contributed by atoms with Gasteiger partial charge in [0.05, 0.1) is 11.9 Å². The van der Waals surface area contributed by atoms with Crippen LogP contribution in [0.2, 0.25) is 0 Å². The number of benzene rings is 3. The van der Waals surface area contributed by atoms with E-state index in [4.69, 9.17) is 16.9 Å². The van der Waals surface area contributed by atoms with E-state index in [1.54, 1.807) is 0 Å². The van der Waals surface area contributed by atoms with Gasteiger partial charge in [0.25, 0.3) is 0 Å². The Morgan fingerprint density at radius 3 is 1.84 bits per heavy atom. The predicted molar refractivity (Wildman–Crippen MR) is 147 cm³/mol. The van der Waals surface area contributed by atoms with Crippen molar-refractivity contribution < 1.29 is 13.2 Å². The molecule has 0 aliphatic carbocycles. The fraction of sp³-hybridized carbons (Fsp3) is 0.286. The smallest absolute Gasteiger partial charge is 0.390 e. The molecule has 9 heteroatoms. The molecule has 198 valence electrons. The first kappa shape index (κ1) is 29.4. The number of rotatable bonds is 10. The fourth-order valence-electron chi connectivity index (χ4n) is 3.90. The Morgan fingerprint density at radius 2 is 1.38 bits per heavy atom. The SMILES string of the molecule is CNCCCc1cccc(-c2cc(-c3cccc(CCCN=C(N)N)c3)cc(C(F)(F)F)c2)c1.N=CN. The van der Waals surface area contributed by atoms with Gasteiger partial charge in [-0.15, -0.1) is 0 Å². The van der Waals surface area contributed by atoms with Crippen LogP contribution in [0.15, 0.2) is 71.7 Å². The van der Waals surface area contributed by atoms with E-state index >= 15 is 0 Å². The topological polar surface area (TPSA) is 126 Å². The third-order valence-corrected chi connectivity index (χ3v) is 5.59. The van der Waals surface area contributed by atoms with E-state index in [1.807, 2.05) is 61.6 Å². The number of aryl methyl sites for hydroxylation is 2. The molecule has 0 aliphatic heterocycles. The molecule has 0 saturated carbocycles. The van der Waals surface area contributed by atoms with E-state index in [9.17, 15) is 13.2 Å². The van der Waals surface area contributed by atoms with Crippen molar-refractivity contribution in [2.75, 3.05) is 20.1 Å². The highest BCUT2D eigenvalue weighted by Crippen LogP contribution is 2.36. The summed E-state index contributed by atoms with van der Waals surface area (Å²) in [7, 11) is 1.90. The number of guanidine groups is 1. The average molecular weight is 513 g/mol. The lowest BCUT2D eigenvalue weighted by Gasteiger charge is -2.14. The molecule has 0 aromatic heterocycles. The highest BCUT2D eigenvalue weighted by molar-refractivity contribution is 5.76. The van der Waals surface area contributed by atoms with Crippen LogP contribution < -0.4 is 22.5 Å². The first-order valence-corrected chi connectivity index (χ1v) is 12.0. The van der Waals surface area contributed by atoms with E-state index in [1.165, 1.54) is 12.1 Å². The summed E-state index contributed by atoms with van der Waals surface area (Å²) in [6.45, 7) is 1.39. The Morgan fingerprint density at radius 1 is 0.865 bits per heavy atom. The number of nitrogens with two attached hydrogens (primary N) is 3. The van der Waals surface area contributed by atoms with Crippen molar-refractivity contribution >= 4 is 12.3 Å². The van der Waals surface area contributed by atoms with Gasteiger partial charge in [0.1, 0.15) is 0 Å². The van der Waals surface area contributed by atoms with E-state index in [0.717, 1.165) is 60.8 Å². The molecule has 3 aromatic carbocycles. The van der Waals surface area contributed by atoms with Crippen LogP contribution in [-0.4, -0.2) is 32.4 Å². The van der Waals surface area contributed by atoms with Gasteiger partial charge in [-0.25, -0.2) is 0 Å². The van der Waals surface area contributed by atoms with Gasteiger partial charge < -0.3 is 22.5 Å². The van der Waals surface area contributed by atoms with Crippen LogP contribution in [0.3, 0.4) is 0 Å². The van der Waals surface area contributed by atoms with Gasteiger partial charge in [0.15, 0.2) is 5.96 Å². The molecule has 3 rings (SSSR count). The maximum absolute atomic E-state index is 13.8. The number of nitrogens with zero attached hydrogens (tertiary/aromatic N) is 1. The first-order chi connectivity index (χ1) is 17.7. The van der Waals surface area contributed by atoms with Gasteiger partial charge in [-0.3, -0.25) is 10.4 Å². The summed E-state index contributed by atoms with van der Waals surface area (Å²) in [5.41, 5.74) is 19.2. The molecule has 0 radical (unpaired) electrons. The van der Waals surface area contributed by atoms with E-state index in [2.05, 4.69) is 16.0 Å². The van der Waals surface area contributed by atoms with Crippen LogP contribution in [-0.2, 0) is 19.0 Å². The summed E-state index contributed by atoms with van der Waals surface area (Å²) in [4.78, 5) is 3.98. The molecule has 37 heavy (non-hydrogen) atoms. The predicted octanol–water partition coefficient (Wildman–Crippen LogP) is 4.95. The highest BCUT2D eigenvalue weighted by Gasteiger charge is 2.31. The molecule has 0 heterocycles. The van der Waals surface area contributed by atoms with Crippen molar-refractivity contribution in [3.63, 3.8) is 0 Å². The molecule has 0 bridgehead atoms. The largest absolute Gasteiger partial charge is 0.416 e. The standard InChI is InChI=1S/C27H31F3N4.CH4N2/c1-33-12-4-8-19-6-2-10-21(14-19)23-16-24(18-25(17-23)27(28,29)30)22-11-3-7-20(15-22)9-5-13-34-26(31)32;2-1-3/h2-3,6-7,10-11,14-18,33H,4-5,8-9,12-13H2,1H3,(H4,31,32,34);1H,(H3,2,3).